The van der Waals surface area contributed by atoms with E-state index in [1.165, 1.54) is 0 Å². The number of nitrogens with one attached hydrogen (secondary N) is 1. The lowest BCUT2D eigenvalue weighted by Crippen LogP contribution is -2.30. The Kier molecular flexibility index (Phi) is 3.40. The van der Waals surface area contributed by atoms with E-state index in [1.807, 2.05) is 40.7 Å². The smallest absolute Gasteiger partial charge is 0.307 e. The Morgan fingerprint density at radius 2 is 1.95 bits per heavy atom. The van der Waals surface area contributed by atoms with Crippen LogP contribution in [0.1, 0.15) is 43.9 Å². The first-order valence-electron chi connectivity index (χ1n) is 6.76. The van der Waals surface area contributed by atoms with Gasteiger partial charge in [0.05, 0.1) is 17.9 Å². The minimum absolute atomic E-state index is 0.189. The van der Waals surface area contributed by atoms with Crippen molar-refractivity contribution in [3.05, 3.63) is 23.2 Å². The van der Waals surface area contributed by atoms with Gasteiger partial charge in [0.25, 0.3) is 0 Å². The van der Waals surface area contributed by atoms with Crippen LogP contribution in [-0.2, 0) is 9.59 Å². The van der Waals surface area contributed by atoms with Crippen molar-refractivity contribution < 1.29 is 19.1 Å². The van der Waals surface area contributed by atoms with Crippen molar-refractivity contribution in [2.24, 2.45) is 17.3 Å². The number of rotatable bonds is 4. The second-order valence-electron chi connectivity index (χ2n) is 6.21. The quantitative estimate of drug-likeness (QED) is 0.887. The van der Waals surface area contributed by atoms with E-state index in [4.69, 9.17) is 9.52 Å². The number of furan rings is 1. The molecule has 0 saturated heterocycles. The van der Waals surface area contributed by atoms with Gasteiger partial charge in [0.15, 0.2) is 0 Å². The third-order valence-electron chi connectivity index (χ3n) is 4.28. The average molecular weight is 279 g/mol. The molecule has 0 bridgehead atoms. The fourth-order valence-electron chi connectivity index (χ4n) is 3.05. The molecule has 5 nitrogen and oxygen atoms in total. The molecule has 1 heterocycles. The van der Waals surface area contributed by atoms with Crippen LogP contribution >= 0.6 is 0 Å². The van der Waals surface area contributed by atoms with E-state index in [0.717, 1.165) is 17.1 Å². The predicted molar refractivity (Wildman–Crippen MR) is 73.1 cm³/mol. The van der Waals surface area contributed by atoms with Crippen molar-refractivity contribution in [2.75, 3.05) is 0 Å². The highest BCUT2D eigenvalue weighted by atomic mass is 16.4. The molecule has 110 valence electrons. The molecule has 1 aromatic heterocycles. The highest BCUT2D eigenvalue weighted by Crippen LogP contribution is 2.58. The summed E-state index contributed by atoms with van der Waals surface area (Å²) in [6, 6.07) is 1.71. The summed E-state index contributed by atoms with van der Waals surface area (Å²) in [6.45, 7) is 9.21. The van der Waals surface area contributed by atoms with Gasteiger partial charge in [0.2, 0.25) is 5.91 Å². The summed E-state index contributed by atoms with van der Waals surface area (Å²) in [5.74, 6) is -0.585. The molecular formula is C15H21NO4. The lowest BCUT2D eigenvalue weighted by atomic mass is 10.1. The Bertz CT molecular complexity index is 558. The molecule has 0 aliphatic heterocycles. The second-order valence-corrected chi connectivity index (χ2v) is 6.21. The van der Waals surface area contributed by atoms with Gasteiger partial charge in [0.1, 0.15) is 11.5 Å². The van der Waals surface area contributed by atoms with Crippen molar-refractivity contribution in [2.45, 2.75) is 40.7 Å². The maximum absolute atomic E-state index is 12.2. The van der Waals surface area contributed by atoms with Crippen molar-refractivity contribution in [3.8, 4) is 0 Å². The number of aliphatic carboxylic acids is 1. The summed E-state index contributed by atoms with van der Waals surface area (Å²) < 4.78 is 5.45. The molecule has 1 unspecified atom stereocenters. The maximum atomic E-state index is 12.2. The molecule has 1 aromatic rings. The van der Waals surface area contributed by atoms with E-state index in [0.29, 0.717) is 0 Å². The number of amides is 1. The standard InChI is InChI=1S/C15H21NO4/c1-7-6-10(9(3)20-7)8(2)16-13(17)11-12(14(18)19)15(11,4)5/h6,8,11-12H,1-5H3,(H,16,17)(H,18,19)/t8?,11-,12+/m1/s1. The summed E-state index contributed by atoms with van der Waals surface area (Å²) in [7, 11) is 0. The molecule has 1 fully saturated rings. The van der Waals surface area contributed by atoms with Crippen LogP contribution in [0.3, 0.4) is 0 Å². The molecule has 1 aliphatic rings. The lowest BCUT2D eigenvalue weighted by Gasteiger charge is -2.13. The van der Waals surface area contributed by atoms with Gasteiger partial charge in [-0.1, -0.05) is 13.8 Å². The number of hydrogen-bond acceptors (Lipinski definition) is 3. The van der Waals surface area contributed by atoms with E-state index in [1.54, 1.807) is 0 Å². The zero-order valence-electron chi connectivity index (χ0n) is 12.5. The summed E-state index contributed by atoms with van der Waals surface area (Å²) in [5.41, 5.74) is 0.456. The predicted octanol–water partition coefficient (Wildman–Crippen LogP) is 2.43. The molecule has 0 spiro atoms. The largest absolute Gasteiger partial charge is 0.481 e. The fourth-order valence-corrected chi connectivity index (χ4v) is 3.05. The molecule has 2 N–H and O–H groups in total. The van der Waals surface area contributed by atoms with Crippen molar-refractivity contribution in [1.29, 1.82) is 0 Å². The highest BCUT2D eigenvalue weighted by Gasteiger charge is 2.65. The Labute approximate surface area is 118 Å². The number of carbonyl (C=O) groups is 2. The Morgan fingerprint density at radius 1 is 1.35 bits per heavy atom. The second kappa shape index (κ2) is 4.65. The maximum Gasteiger partial charge on any atom is 0.307 e. The summed E-state index contributed by atoms with van der Waals surface area (Å²) in [6.07, 6.45) is 0. The molecule has 0 radical (unpaired) electrons. The van der Waals surface area contributed by atoms with E-state index in [-0.39, 0.29) is 11.9 Å². The Balaban J connectivity index is 2.06. The number of carboxylic acid groups (broad SMARTS) is 1. The van der Waals surface area contributed by atoms with Crippen LogP contribution in [0.4, 0.5) is 0 Å². The van der Waals surface area contributed by atoms with Crippen LogP contribution in [0, 0.1) is 31.1 Å². The highest BCUT2D eigenvalue weighted by molar-refractivity contribution is 5.91. The Morgan fingerprint density at radius 3 is 2.35 bits per heavy atom. The lowest BCUT2D eigenvalue weighted by molar-refractivity contribution is -0.140. The average Bonchev–Trinajstić information content (AvgIpc) is 2.72. The molecule has 20 heavy (non-hydrogen) atoms. The number of carbonyl (C=O) groups excluding carboxylic acids is 1. The van der Waals surface area contributed by atoms with E-state index in [9.17, 15) is 9.59 Å². The zero-order valence-corrected chi connectivity index (χ0v) is 12.5. The van der Waals surface area contributed by atoms with Crippen molar-refractivity contribution in [1.82, 2.24) is 5.32 Å². The monoisotopic (exact) mass is 279 g/mol. The van der Waals surface area contributed by atoms with Crippen molar-refractivity contribution >= 4 is 11.9 Å². The van der Waals surface area contributed by atoms with Crippen molar-refractivity contribution in [3.63, 3.8) is 0 Å². The summed E-state index contributed by atoms with van der Waals surface area (Å²) in [5, 5.41) is 12.0. The van der Waals surface area contributed by atoms with Gasteiger partial charge in [-0.25, -0.2) is 0 Å². The van der Waals surface area contributed by atoms with Gasteiger partial charge in [-0.2, -0.15) is 0 Å². The Hall–Kier alpha value is -1.78. The minimum atomic E-state index is -0.905. The van der Waals surface area contributed by atoms with E-state index in [2.05, 4.69) is 5.32 Å². The van der Waals surface area contributed by atoms with Crippen LogP contribution < -0.4 is 5.32 Å². The normalized spacial score (nSPS) is 25.1. The van der Waals surface area contributed by atoms with Gasteiger partial charge in [-0.05, 0) is 32.3 Å². The number of aryl methyl sites for hydroxylation is 2. The van der Waals surface area contributed by atoms with Gasteiger partial charge < -0.3 is 14.8 Å². The molecule has 2 rings (SSSR count). The first-order valence-corrected chi connectivity index (χ1v) is 6.76. The topological polar surface area (TPSA) is 79.5 Å². The SMILES string of the molecule is Cc1cc(C(C)NC(=O)[C@H]2[C@@H](C(=O)O)C2(C)C)c(C)o1. The zero-order chi connectivity index (χ0) is 15.2. The number of hydrogen-bond donors (Lipinski definition) is 2. The van der Waals surface area contributed by atoms with Gasteiger partial charge in [0, 0.05) is 5.56 Å². The van der Waals surface area contributed by atoms with Gasteiger partial charge >= 0.3 is 5.97 Å². The molecule has 1 saturated carbocycles. The molecule has 3 atom stereocenters. The van der Waals surface area contributed by atoms with E-state index < -0.39 is 23.2 Å². The molecule has 1 amide bonds. The van der Waals surface area contributed by atoms with Gasteiger partial charge in [-0.3, -0.25) is 9.59 Å². The first-order chi connectivity index (χ1) is 9.16. The minimum Gasteiger partial charge on any atom is -0.481 e. The number of carboxylic acids is 1. The summed E-state index contributed by atoms with van der Waals surface area (Å²) in [4.78, 5) is 23.3. The van der Waals surface area contributed by atoms with Crippen LogP contribution in [0.15, 0.2) is 10.5 Å². The third kappa shape index (κ3) is 2.32. The van der Waals surface area contributed by atoms with Crippen LogP contribution in [0.25, 0.3) is 0 Å². The fraction of sp³-hybridized carbons (Fsp3) is 0.600. The molecule has 1 aliphatic carbocycles. The van der Waals surface area contributed by atoms with E-state index >= 15 is 0 Å². The molecule has 5 heteroatoms. The first kappa shape index (κ1) is 14.6. The third-order valence-corrected chi connectivity index (χ3v) is 4.28. The van der Waals surface area contributed by atoms with Crippen LogP contribution in [-0.4, -0.2) is 17.0 Å². The van der Waals surface area contributed by atoms with Crippen LogP contribution in [0.2, 0.25) is 0 Å². The van der Waals surface area contributed by atoms with Crippen LogP contribution in [0.5, 0.6) is 0 Å². The molecular weight excluding hydrogens is 258 g/mol. The summed E-state index contributed by atoms with van der Waals surface area (Å²) >= 11 is 0. The molecule has 0 aromatic carbocycles. The van der Waals surface area contributed by atoms with Gasteiger partial charge in [-0.15, -0.1) is 0 Å².